The average molecular weight is 777 g/mol. The van der Waals surface area contributed by atoms with Crippen molar-refractivity contribution >= 4 is 11.9 Å². The molecule has 20 nitrogen and oxygen atoms in total. The van der Waals surface area contributed by atoms with Gasteiger partial charge in [-0.2, -0.15) is 0 Å². The Hall–Kier alpha value is -2.64. The van der Waals surface area contributed by atoms with Crippen molar-refractivity contribution in [3.63, 3.8) is 0 Å². The van der Waals surface area contributed by atoms with E-state index in [1.54, 1.807) is 6.92 Å². The van der Waals surface area contributed by atoms with Crippen LogP contribution < -0.4 is 0 Å². The van der Waals surface area contributed by atoms with Crippen molar-refractivity contribution in [1.29, 1.82) is 0 Å². The number of benzene rings is 1. The number of carbonyl (C=O) groups excluding carboxylic acids is 2. The van der Waals surface area contributed by atoms with E-state index in [9.17, 15) is 65.8 Å². The Morgan fingerprint density at radius 3 is 2.20 bits per heavy atom. The molecule has 2 aliphatic carbocycles. The number of phenolic OH excluding ortho intramolecular Hbond substituents is 1. The van der Waals surface area contributed by atoms with Crippen LogP contribution in [0.5, 0.6) is 5.75 Å². The number of phenols is 1. The van der Waals surface area contributed by atoms with Gasteiger partial charge in [0.15, 0.2) is 11.9 Å². The smallest absolute Gasteiger partial charge is 0.338 e. The number of fused-ring (bicyclic) bond motifs is 1. The molecule has 5 aliphatic rings. The highest BCUT2D eigenvalue weighted by atomic mass is 16.8. The first-order valence-electron chi connectivity index (χ1n) is 17.6. The van der Waals surface area contributed by atoms with E-state index in [1.807, 2.05) is 0 Å². The van der Waals surface area contributed by atoms with Gasteiger partial charge in [-0.3, -0.25) is 4.79 Å². The molecule has 1 aromatic carbocycles. The molecule has 5 fully saturated rings. The van der Waals surface area contributed by atoms with E-state index in [2.05, 4.69) is 0 Å². The minimum atomic E-state index is -2.61. The van der Waals surface area contributed by atoms with Gasteiger partial charge in [-0.1, -0.05) is 6.92 Å². The predicted octanol–water partition coefficient (Wildman–Crippen LogP) is -4.51. The van der Waals surface area contributed by atoms with Gasteiger partial charge in [0.1, 0.15) is 66.8 Å². The van der Waals surface area contributed by atoms with Crippen LogP contribution in [0.15, 0.2) is 24.3 Å². The lowest BCUT2D eigenvalue weighted by molar-refractivity contribution is -0.370. The molecule has 1 unspecified atom stereocenters. The van der Waals surface area contributed by atoms with Gasteiger partial charge in [0.2, 0.25) is 11.6 Å². The molecule has 6 rings (SSSR count). The third kappa shape index (κ3) is 6.90. The van der Waals surface area contributed by atoms with Crippen molar-refractivity contribution in [2.24, 2.45) is 11.8 Å². The number of esters is 2. The Morgan fingerprint density at radius 2 is 1.56 bits per heavy atom. The number of aliphatic hydroxyl groups excluding tert-OH is 9. The van der Waals surface area contributed by atoms with Crippen molar-refractivity contribution in [1.82, 2.24) is 0 Å². The van der Waals surface area contributed by atoms with Crippen LogP contribution in [-0.2, 0) is 38.0 Å². The lowest BCUT2D eigenvalue weighted by Crippen LogP contribution is -2.69. The van der Waals surface area contributed by atoms with Crippen LogP contribution in [-0.4, -0.2) is 185 Å². The summed E-state index contributed by atoms with van der Waals surface area (Å²) in [5.41, 5.74) is -2.49. The van der Waals surface area contributed by atoms with Crippen molar-refractivity contribution in [2.45, 2.75) is 129 Å². The van der Waals surface area contributed by atoms with Gasteiger partial charge in [-0.05, 0) is 30.7 Å². The highest BCUT2D eigenvalue weighted by Crippen LogP contribution is 2.58. The lowest BCUT2D eigenvalue weighted by Gasteiger charge is -2.49. The molecular weight excluding hydrogens is 728 g/mol. The Balaban J connectivity index is 1.20. The summed E-state index contributed by atoms with van der Waals surface area (Å²) in [7, 11) is 1.10. The topological polar surface area (TPSA) is 321 Å². The number of methoxy groups -OCH3 is 1. The summed E-state index contributed by atoms with van der Waals surface area (Å²) in [4.78, 5) is 26.8. The van der Waals surface area contributed by atoms with E-state index in [4.69, 9.17) is 33.2 Å². The Labute approximate surface area is 307 Å². The zero-order valence-electron chi connectivity index (χ0n) is 29.3. The van der Waals surface area contributed by atoms with Gasteiger partial charge in [0.05, 0.1) is 36.9 Å². The molecule has 11 N–H and O–H groups in total. The van der Waals surface area contributed by atoms with Gasteiger partial charge in [0.25, 0.3) is 0 Å². The van der Waals surface area contributed by atoms with Gasteiger partial charge >= 0.3 is 11.9 Å². The first-order valence-corrected chi connectivity index (χ1v) is 17.6. The molecule has 0 radical (unpaired) electrons. The van der Waals surface area contributed by atoms with Crippen LogP contribution in [0.25, 0.3) is 0 Å². The fourth-order valence-corrected chi connectivity index (χ4v) is 8.09. The second-order valence-electron chi connectivity index (χ2n) is 14.8. The summed E-state index contributed by atoms with van der Waals surface area (Å²) in [6.45, 7) is 0.767. The lowest BCUT2D eigenvalue weighted by atomic mass is 9.69. The van der Waals surface area contributed by atoms with Crippen molar-refractivity contribution < 1.29 is 98.9 Å². The van der Waals surface area contributed by atoms with Crippen molar-refractivity contribution in [2.75, 3.05) is 20.3 Å². The largest absolute Gasteiger partial charge is 0.508 e. The van der Waals surface area contributed by atoms with Crippen LogP contribution in [0.2, 0.25) is 0 Å². The molecular formula is C34H48O20. The van der Waals surface area contributed by atoms with E-state index >= 15 is 0 Å². The van der Waals surface area contributed by atoms with Crippen LogP contribution >= 0.6 is 0 Å². The molecule has 304 valence electrons. The summed E-state index contributed by atoms with van der Waals surface area (Å²) in [6, 6.07) is 5.31. The van der Waals surface area contributed by atoms with Gasteiger partial charge in [-0.25, -0.2) is 4.79 Å². The molecule has 0 aromatic heterocycles. The van der Waals surface area contributed by atoms with Crippen LogP contribution in [0, 0.1) is 11.8 Å². The third-order valence-electron chi connectivity index (χ3n) is 11.4. The normalized spacial score (nSPS) is 47.9. The molecule has 3 heterocycles. The van der Waals surface area contributed by atoms with Gasteiger partial charge < -0.3 is 89.3 Å². The molecule has 3 aliphatic heterocycles. The summed E-state index contributed by atoms with van der Waals surface area (Å²) >= 11 is 0. The summed E-state index contributed by atoms with van der Waals surface area (Å²) < 4.78 is 40.2. The van der Waals surface area contributed by atoms with Crippen LogP contribution in [0.1, 0.15) is 43.0 Å². The number of hydrogen-bond donors (Lipinski definition) is 11. The molecule has 1 spiro atoms. The zero-order chi connectivity index (χ0) is 39.5. The van der Waals surface area contributed by atoms with Gasteiger partial charge in [-0.15, -0.1) is 0 Å². The second-order valence-corrected chi connectivity index (χ2v) is 14.8. The number of hydrogen-bond acceptors (Lipinski definition) is 20. The quantitative estimate of drug-likeness (QED) is 0.111. The van der Waals surface area contributed by atoms with Crippen molar-refractivity contribution in [3.8, 4) is 5.75 Å². The molecule has 2 saturated carbocycles. The third-order valence-corrected chi connectivity index (χ3v) is 11.4. The summed E-state index contributed by atoms with van der Waals surface area (Å²) in [5, 5.41) is 117. The second kappa shape index (κ2) is 15.4. The van der Waals surface area contributed by atoms with E-state index in [-0.39, 0.29) is 24.3 Å². The molecule has 20 heteroatoms. The highest BCUT2D eigenvalue weighted by Gasteiger charge is 2.78. The van der Waals surface area contributed by atoms with E-state index in [1.165, 1.54) is 24.3 Å². The summed E-state index contributed by atoms with van der Waals surface area (Å²) in [6.07, 6.45) is -24.3. The predicted molar refractivity (Wildman–Crippen MR) is 171 cm³/mol. The molecule has 18 atom stereocenters. The van der Waals surface area contributed by atoms with E-state index in [0.717, 1.165) is 7.11 Å². The first kappa shape index (κ1) is 41.0. The highest BCUT2D eigenvalue weighted by molar-refractivity contribution is 5.89. The fraction of sp³-hybridized carbons (Fsp3) is 0.765. The number of aliphatic hydroxyl groups is 10. The number of ether oxygens (including phenoxy) is 7. The fourth-order valence-electron chi connectivity index (χ4n) is 8.09. The maximum absolute atomic E-state index is 13.8. The standard InChI is InChI=1S/C34H48O20/c1-13-12-49-32(10-19(13)51-28(44)14-3-5-16(36)6-4-14)31(46)34(47)21(38)7-15(9-33(34,48-2)54-32)29(45)50-18-8-17(37)22(39)25(42)27(18)53-30-26(43)24(41)23(40)20(11-35)52-30/h3-6,13,15,17-27,30-31,35-43,46-47H,7-12H2,1-2H3/t13-,15+,17+,18-,19+,20-,21+,22-,23-,24+,25+,26-,27+,30?,31+,32+,33-,34+/m1/s1. The first-order chi connectivity index (χ1) is 25.4. The van der Waals surface area contributed by atoms with Crippen LogP contribution in [0.4, 0.5) is 0 Å². The number of rotatable bonds is 8. The summed E-state index contributed by atoms with van der Waals surface area (Å²) in [5.74, 6) is -8.15. The molecule has 0 bridgehead atoms. The van der Waals surface area contributed by atoms with Gasteiger partial charge in [0, 0.05) is 32.3 Å². The minimum absolute atomic E-state index is 0.0668. The van der Waals surface area contributed by atoms with Crippen LogP contribution in [0.3, 0.4) is 0 Å². The maximum Gasteiger partial charge on any atom is 0.338 e. The van der Waals surface area contributed by atoms with E-state index < -0.39 is 146 Å². The Bertz CT molecular complexity index is 1500. The number of aromatic hydroxyl groups is 1. The monoisotopic (exact) mass is 776 g/mol. The molecule has 1 aromatic rings. The maximum atomic E-state index is 13.8. The zero-order valence-corrected chi connectivity index (χ0v) is 29.3. The average Bonchev–Trinajstić information content (AvgIpc) is 3.33. The molecule has 3 saturated heterocycles. The Kier molecular flexibility index (Phi) is 11.7. The minimum Gasteiger partial charge on any atom is -0.508 e. The van der Waals surface area contributed by atoms with E-state index in [0.29, 0.717) is 0 Å². The number of carbonyl (C=O) groups is 2. The SMILES string of the molecule is CO[C@@]12C[C@@H](C(=O)O[C@@H]3C[C@H](O)[C@@H](O)[C@H](O)[C@H]3OC3O[C@H](CO)[C@@H](O)[C@H](O)[C@H]3O)C[C@H](O)[C@]1(O)[C@@H](O)[C@]1(C[C@H](OC(=O)c3ccc(O)cc3)[C@H](C)CO1)O2. The van der Waals surface area contributed by atoms with Crippen molar-refractivity contribution in [3.05, 3.63) is 29.8 Å². The molecule has 54 heavy (non-hydrogen) atoms. The Morgan fingerprint density at radius 1 is 0.870 bits per heavy atom. The molecule has 0 amide bonds.